The minimum Gasteiger partial charge on any atom is -0.484 e. The van der Waals surface area contributed by atoms with Crippen LogP contribution in [0.5, 0.6) is 5.75 Å². The molecule has 0 bridgehead atoms. The van der Waals surface area contributed by atoms with Crippen LogP contribution in [0.15, 0.2) is 78.9 Å². The molecule has 3 rings (SSSR count). The highest BCUT2D eigenvalue weighted by atomic mass is 127. The molecule has 0 saturated heterocycles. The number of halogens is 2. The first-order valence-electron chi connectivity index (χ1n) is 11.4. The van der Waals surface area contributed by atoms with E-state index in [1.165, 1.54) is 0 Å². The Balaban J connectivity index is 1.91. The molecule has 1 N–H and O–H groups in total. The zero-order chi connectivity index (χ0) is 25.4. The van der Waals surface area contributed by atoms with Crippen LogP contribution in [0, 0.1) is 3.57 Å². The maximum atomic E-state index is 13.5. The Labute approximate surface area is 226 Å². The third kappa shape index (κ3) is 8.85. The van der Waals surface area contributed by atoms with E-state index in [0.717, 1.165) is 14.7 Å². The summed E-state index contributed by atoms with van der Waals surface area (Å²) in [5.41, 5.74) is 1.39. The van der Waals surface area contributed by atoms with E-state index in [-0.39, 0.29) is 25.0 Å². The van der Waals surface area contributed by atoms with Gasteiger partial charge in [0.1, 0.15) is 11.8 Å². The maximum Gasteiger partial charge on any atom is 0.261 e. The summed E-state index contributed by atoms with van der Waals surface area (Å²) in [4.78, 5) is 28.6. The van der Waals surface area contributed by atoms with Gasteiger partial charge in [0.15, 0.2) is 6.61 Å². The smallest absolute Gasteiger partial charge is 0.261 e. The molecule has 3 aromatic carbocycles. The molecular weight excluding hydrogens is 575 g/mol. The second kappa shape index (κ2) is 12.4. The number of nitrogens with zero attached hydrogens (tertiary/aromatic N) is 1. The van der Waals surface area contributed by atoms with Crippen LogP contribution >= 0.6 is 34.2 Å². The highest BCUT2D eigenvalue weighted by molar-refractivity contribution is 14.1. The lowest BCUT2D eigenvalue weighted by atomic mass is 10.0. The van der Waals surface area contributed by atoms with Crippen LogP contribution in [-0.2, 0) is 22.6 Å². The first-order chi connectivity index (χ1) is 16.6. The van der Waals surface area contributed by atoms with Gasteiger partial charge >= 0.3 is 0 Å². The first-order valence-corrected chi connectivity index (χ1v) is 12.8. The lowest BCUT2D eigenvalue weighted by Gasteiger charge is -2.33. The summed E-state index contributed by atoms with van der Waals surface area (Å²) < 4.78 is 6.87. The normalized spacial score (nSPS) is 12.0. The number of carbonyl (C=O) groups excluding carboxylic acids is 2. The van der Waals surface area contributed by atoms with E-state index in [2.05, 4.69) is 27.9 Å². The van der Waals surface area contributed by atoms with Gasteiger partial charge < -0.3 is 15.0 Å². The van der Waals surface area contributed by atoms with E-state index < -0.39 is 11.6 Å². The summed E-state index contributed by atoms with van der Waals surface area (Å²) in [6.45, 7) is 5.85. The van der Waals surface area contributed by atoms with Crippen LogP contribution in [0.1, 0.15) is 31.9 Å². The molecule has 35 heavy (non-hydrogen) atoms. The SMILES string of the molecule is CC(C)(C)NC(=O)[C@H](Cc1ccccc1)N(Cc1ccc(Cl)cc1)C(=O)COc1ccc(I)cc1. The molecule has 7 heteroatoms. The molecule has 0 heterocycles. The Bertz CT molecular complexity index is 1110. The average molecular weight is 605 g/mol. The minimum atomic E-state index is -0.722. The lowest BCUT2D eigenvalue weighted by molar-refractivity contribution is -0.143. The van der Waals surface area contributed by atoms with Crippen LogP contribution in [-0.4, -0.2) is 34.9 Å². The quantitative estimate of drug-likeness (QED) is 0.311. The molecule has 0 fully saturated rings. The van der Waals surface area contributed by atoms with Gasteiger partial charge in [0.05, 0.1) is 0 Å². The summed E-state index contributed by atoms with van der Waals surface area (Å²) in [5, 5.41) is 3.67. The van der Waals surface area contributed by atoms with E-state index in [4.69, 9.17) is 16.3 Å². The van der Waals surface area contributed by atoms with Crippen LogP contribution in [0.25, 0.3) is 0 Å². The highest BCUT2D eigenvalue weighted by Crippen LogP contribution is 2.19. The van der Waals surface area contributed by atoms with E-state index in [0.29, 0.717) is 17.2 Å². The van der Waals surface area contributed by atoms with Crippen molar-refractivity contribution in [3.8, 4) is 5.75 Å². The molecule has 2 amide bonds. The fraction of sp³-hybridized carbons (Fsp3) is 0.286. The van der Waals surface area contributed by atoms with Gasteiger partial charge in [0.2, 0.25) is 5.91 Å². The number of rotatable bonds is 9. The minimum absolute atomic E-state index is 0.178. The Morgan fingerprint density at radius 1 is 0.943 bits per heavy atom. The average Bonchev–Trinajstić information content (AvgIpc) is 2.81. The van der Waals surface area contributed by atoms with E-state index >= 15 is 0 Å². The van der Waals surface area contributed by atoms with Gasteiger partial charge in [-0.2, -0.15) is 0 Å². The van der Waals surface area contributed by atoms with Crippen molar-refractivity contribution >= 4 is 46.0 Å². The van der Waals surface area contributed by atoms with Crippen LogP contribution in [0.2, 0.25) is 5.02 Å². The highest BCUT2D eigenvalue weighted by Gasteiger charge is 2.32. The van der Waals surface area contributed by atoms with E-state index in [9.17, 15) is 9.59 Å². The van der Waals surface area contributed by atoms with Gasteiger partial charge in [-0.25, -0.2) is 0 Å². The zero-order valence-electron chi connectivity index (χ0n) is 20.1. The van der Waals surface area contributed by atoms with Crippen molar-refractivity contribution in [2.45, 2.75) is 45.3 Å². The Morgan fingerprint density at radius 3 is 2.17 bits per heavy atom. The molecule has 0 radical (unpaired) electrons. The third-order valence-electron chi connectivity index (χ3n) is 5.21. The number of hydrogen-bond acceptors (Lipinski definition) is 3. The van der Waals surface area contributed by atoms with Crippen molar-refractivity contribution in [3.63, 3.8) is 0 Å². The third-order valence-corrected chi connectivity index (χ3v) is 6.18. The summed E-state index contributed by atoms with van der Waals surface area (Å²) in [5.74, 6) is 0.116. The van der Waals surface area contributed by atoms with E-state index in [1.807, 2.05) is 87.5 Å². The Kier molecular flexibility index (Phi) is 9.57. The van der Waals surface area contributed by atoms with Crippen molar-refractivity contribution in [2.75, 3.05) is 6.61 Å². The second-order valence-electron chi connectivity index (χ2n) is 9.34. The van der Waals surface area contributed by atoms with Crippen molar-refractivity contribution in [1.29, 1.82) is 0 Å². The topological polar surface area (TPSA) is 58.6 Å². The van der Waals surface area contributed by atoms with Crippen LogP contribution in [0.4, 0.5) is 0 Å². The number of nitrogens with one attached hydrogen (secondary N) is 1. The van der Waals surface area contributed by atoms with Crippen LogP contribution in [0.3, 0.4) is 0 Å². The number of benzene rings is 3. The molecule has 0 aliphatic carbocycles. The van der Waals surface area contributed by atoms with Gasteiger partial charge in [-0.05, 0) is 90.9 Å². The van der Waals surface area contributed by atoms with Gasteiger partial charge in [-0.3, -0.25) is 9.59 Å². The molecule has 1 atom stereocenters. The molecule has 3 aromatic rings. The summed E-state index contributed by atoms with van der Waals surface area (Å²) in [7, 11) is 0. The fourth-order valence-electron chi connectivity index (χ4n) is 3.55. The lowest BCUT2D eigenvalue weighted by Crippen LogP contribution is -2.55. The first kappa shape index (κ1) is 27.0. The molecule has 0 aliphatic rings. The molecule has 184 valence electrons. The number of carbonyl (C=O) groups is 2. The van der Waals surface area contributed by atoms with E-state index in [1.54, 1.807) is 17.0 Å². The molecule has 5 nitrogen and oxygen atoms in total. The second-order valence-corrected chi connectivity index (χ2v) is 11.0. The zero-order valence-corrected chi connectivity index (χ0v) is 23.0. The molecular formula is C28H30ClIN2O3. The molecule has 0 unspecified atom stereocenters. The molecule has 0 aliphatic heterocycles. The standard InChI is InChI=1S/C28H30ClIN2O3/c1-28(2,3)31-27(34)25(17-20-7-5-4-6-8-20)32(18-21-9-11-22(29)12-10-21)26(33)19-35-24-15-13-23(30)14-16-24/h4-16,25H,17-19H2,1-3H3,(H,31,34)/t25-/m0/s1. The predicted molar refractivity (Wildman–Crippen MR) is 148 cm³/mol. The number of ether oxygens (including phenoxy) is 1. The van der Waals surface area contributed by atoms with Gasteiger partial charge in [-0.15, -0.1) is 0 Å². The van der Waals surface area contributed by atoms with Gasteiger partial charge in [0, 0.05) is 27.1 Å². The van der Waals surface area contributed by atoms with Gasteiger partial charge in [0.25, 0.3) is 5.91 Å². The fourth-order valence-corrected chi connectivity index (χ4v) is 4.04. The monoisotopic (exact) mass is 604 g/mol. The van der Waals surface area contributed by atoms with Crippen molar-refractivity contribution in [1.82, 2.24) is 10.2 Å². The van der Waals surface area contributed by atoms with Crippen molar-refractivity contribution < 1.29 is 14.3 Å². The Morgan fingerprint density at radius 2 is 1.57 bits per heavy atom. The summed E-state index contributed by atoms with van der Waals surface area (Å²) in [6, 6.07) is 23.8. The maximum absolute atomic E-state index is 13.5. The number of hydrogen-bond donors (Lipinski definition) is 1. The van der Waals surface area contributed by atoms with Crippen LogP contribution < -0.4 is 10.1 Å². The summed E-state index contributed by atoms with van der Waals surface area (Å²) >= 11 is 8.28. The number of amides is 2. The predicted octanol–water partition coefficient (Wildman–Crippen LogP) is 5.88. The molecule has 0 saturated carbocycles. The largest absolute Gasteiger partial charge is 0.484 e. The molecule has 0 spiro atoms. The Hall–Kier alpha value is -2.58. The van der Waals surface area contributed by atoms with Crippen molar-refractivity contribution in [2.24, 2.45) is 0 Å². The molecule has 0 aromatic heterocycles. The summed E-state index contributed by atoms with van der Waals surface area (Å²) in [6.07, 6.45) is 0.381. The van der Waals surface area contributed by atoms with Gasteiger partial charge in [-0.1, -0.05) is 54.1 Å². The van der Waals surface area contributed by atoms with Crippen molar-refractivity contribution in [3.05, 3.63) is 98.6 Å².